The number of nitrogens with one attached hydrogen (secondary N) is 2. The molecule has 3 heteroatoms. The van der Waals surface area contributed by atoms with E-state index in [4.69, 9.17) is 11.6 Å². The van der Waals surface area contributed by atoms with Gasteiger partial charge in [0.05, 0.1) is 0 Å². The molecule has 1 unspecified atom stereocenters. The van der Waals surface area contributed by atoms with Crippen LogP contribution in [0.5, 0.6) is 0 Å². The van der Waals surface area contributed by atoms with Crippen LogP contribution in [-0.2, 0) is 6.42 Å². The Kier molecular flexibility index (Phi) is 3.55. The lowest BCUT2D eigenvalue weighted by Gasteiger charge is -2.36. The number of hydrogen-bond donors (Lipinski definition) is 2. The molecule has 0 saturated carbocycles. The molecule has 1 aliphatic rings. The van der Waals surface area contributed by atoms with Crippen LogP contribution in [0.4, 0.5) is 0 Å². The van der Waals surface area contributed by atoms with E-state index in [-0.39, 0.29) is 0 Å². The predicted molar refractivity (Wildman–Crippen MR) is 86.4 cm³/mol. The van der Waals surface area contributed by atoms with Crippen LogP contribution in [0.1, 0.15) is 50.9 Å². The maximum absolute atomic E-state index is 6.19. The molecular weight excluding hydrogens is 268 g/mol. The zero-order chi connectivity index (χ0) is 14.3. The Morgan fingerprint density at radius 2 is 2.20 bits per heavy atom. The summed E-state index contributed by atoms with van der Waals surface area (Å²) in [5, 5.41) is 5.82. The molecule has 108 valence electrons. The Labute approximate surface area is 125 Å². The topological polar surface area (TPSA) is 27.8 Å². The lowest BCUT2D eigenvalue weighted by molar-refractivity contribution is 0.257. The zero-order valence-corrected chi connectivity index (χ0v) is 13.3. The monoisotopic (exact) mass is 290 g/mol. The lowest BCUT2D eigenvalue weighted by Crippen LogP contribution is -2.33. The van der Waals surface area contributed by atoms with Gasteiger partial charge in [0.25, 0.3) is 0 Å². The summed E-state index contributed by atoms with van der Waals surface area (Å²) in [5.74, 6) is 0. The Morgan fingerprint density at radius 1 is 1.40 bits per heavy atom. The number of halogens is 1. The van der Waals surface area contributed by atoms with Gasteiger partial charge < -0.3 is 10.3 Å². The molecule has 1 heterocycles. The molecular formula is C17H23ClN2. The SMILES string of the molecule is CCCNC1CC(C)(C)Cc2[nH]c3ccc(Cl)cc3c21. The van der Waals surface area contributed by atoms with Crippen LogP contribution in [0, 0.1) is 5.41 Å². The second-order valence-electron chi connectivity index (χ2n) is 6.76. The molecule has 0 radical (unpaired) electrons. The minimum Gasteiger partial charge on any atom is -0.358 e. The normalized spacial score (nSPS) is 21.1. The molecule has 0 spiro atoms. The summed E-state index contributed by atoms with van der Waals surface area (Å²) in [4.78, 5) is 3.61. The fraction of sp³-hybridized carbons (Fsp3) is 0.529. The summed E-state index contributed by atoms with van der Waals surface area (Å²) < 4.78 is 0. The summed E-state index contributed by atoms with van der Waals surface area (Å²) in [7, 11) is 0. The van der Waals surface area contributed by atoms with Gasteiger partial charge in [-0.05, 0) is 55.0 Å². The smallest absolute Gasteiger partial charge is 0.0460 e. The number of rotatable bonds is 3. The highest BCUT2D eigenvalue weighted by molar-refractivity contribution is 6.31. The van der Waals surface area contributed by atoms with Crippen molar-refractivity contribution in [3.63, 3.8) is 0 Å². The minimum atomic E-state index is 0.336. The molecule has 1 atom stereocenters. The molecule has 2 aromatic rings. The number of aromatic nitrogens is 1. The molecule has 0 saturated heterocycles. The van der Waals surface area contributed by atoms with Crippen molar-refractivity contribution < 1.29 is 0 Å². The van der Waals surface area contributed by atoms with Crippen molar-refractivity contribution in [3.05, 3.63) is 34.5 Å². The molecule has 1 aromatic heterocycles. The first-order chi connectivity index (χ1) is 9.50. The molecule has 20 heavy (non-hydrogen) atoms. The third-order valence-corrected chi connectivity index (χ3v) is 4.52. The van der Waals surface area contributed by atoms with Crippen LogP contribution in [0.25, 0.3) is 10.9 Å². The summed E-state index contributed by atoms with van der Waals surface area (Å²) in [6, 6.07) is 6.59. The van der Waals surface area contributed by atoms with Crippen molar-refractivity contribution >= 4 is 22.5 Å². The van der Waals surface area contributed by atoms with Gasteiger partial charge in [0.1, 0.15) is 0 Å². The van der Waals surface area contributed by atoms with Gasteiger partial charge in [0, 0.05) is 27.7 Å². The summed E-state index contributed by atoms with van der Waals surface area (Å²) in [5.41, 5.74) is 4.37. The van der Waals surface area contributed by atoms with Gasteiger partial charge in [0.2, 0.25) is 0 Å². The van der Waals surface area contributed by atoms with Crippen molar-refractivity contribution in [3.8, 4) is 0 Å². The van der Waals surface area contributed by atoms with Gasteiger partial charge in [-0.3, -0.25) is 0 Å². The average Bonchev–Trinajstić information content (AvgIpc) is 2.71. The lowest BCUT2D eigenvalue weighted by atomic mass is 9.74. The highest BCUT2D eigenvalue weighted by Crippen LogP contribution is 2.44. The second-order valence-corrected chi connectivity index (χ2v) is 7.20. The van der Waals surface area contributed by atoms with E-state index in [9.17, 15) is 0 Å². The maximum Gasteiger partial charge on any atom is 0.0460 e. The van der Waals surface area contributed by atoms with Crippen LogP contribution < -0.4 is 5.32 Å². The summed E-state index contributed by atoms with van der Waals surface area (Å²) >= 11 is 6.19. The van der Waals surface area contributed by atoms with Gasteiger partial charge in [-0.2, -0.15) is 0 Å². The third-order valence-electron chi connectivity index (χ3n) is 4.28. The van der Waals surface area contributed by atoms with E-state index in [1.54, 1.807) is 0 Å². The van der Waals surface area contributed by atoms with Crippen molar-refractivity contribution in [2.24, 2.45) is 5.41 Å². The van der Waals surface area contributed by atoms with Crippen LogP contribution in [0.3, 0.4) is 0 Å². The largest absolute Gasteiger partial charge is 0.358 e. The van der Waals surface area contributed by atoms with E-state index in [1.807, 2.05) is 6.07 Å². The Balaban J connectivity index is 2.11. The fourth-order valence-electron chi connectivity index (χ4n) is 3.48. The molecule has 0 amide bonds. The van der Waals surface area contributed by atoms with Crippen molar-refractivity contribution in [2.45, 2.75) is 46.1 Å². The quantitative estimate of drug-likeness (QED) is 0.832. The van der Waals surface area contributed by atoms with Gasteiger partial charge in [-0.1, -0.05) is 32.4 Å². The van der Waals surface area contributed by atoms with Crippen molar-refractivity contribution in [1.82, 2.24) is 10.3 Å². The van der Waals surface area contributed by atoms with E-state index >= 15 is 0 Å². The molecule has 1 aliphatic carbocycles. The van der Waals surface area contributed by atoms with Gasteiger partial charge in [0.15, 0.2) is 0 Å². The summed E-state index contributed by atoms with van der Waals surface area (Å²) in [6.45, 7) is 7.99. The maximum atomic E-state index is 6.19. The Hall–Kier alpha value is -0.990. The molecule has 1 aromatic carbocycles. The number of hydrogen-bond acceptors (Lipinski definition) is 1. The zero-order valence-electron chi connectivity index (χ0n) is 12.5. The Morgan fingerprint density at radius 3 is 2.95 bits per heavy atom. The molecule has 3 rings (SSSR count). The first-order valence-corrected chi connectivity index (χ1v) is 7.91. The second kappa shape index (κ2) is 5.09. The number of H-pyrrole nitrogens is 1. The van der Waals surface area contributed by atoms with E-state index in [0.29, 0.717) is 11.5 Å². The first-order valence-electron chi connectivity index (χ1n) is 7.53. The molecule has 2 N–H and O–H groups in total. The van der Waals surface area contributed by atoms with Gasteiger partial charge in [-0.15, -0.1) is 0 Å². The van der Waals surface area contributed by atoms with Gasteiger partial charge >= 0.3 is 0 Å². The molecule has 0 aliphatic heterocycles. The first kappa shape index (κ1) is 14.0. The van der Waals surface area contributed by atoms with Crippen LogP contribution in [0.2, 0.25) is 5.02 Å². The minimum absolute atomic E-state index is 0.336. The molecule has 2 nitrogen and oxygen atoms in total. The fourth-order valence-corrected chi connectivity index (χ4v) is 3.65. The van der Waals surface area contributed by atoms with E-state index in [0.717, 1.165) is 24.4 Å². The number of fused-ring (bicyclic) bond motifs is 3. The van der Waals surface area contributed by atoms with E-state index in [1.165, 1.54) is 28.6 Å². The highest BCUT2D eigenvalue weighted by Gasteiger charge is 2.34. The standard InChI is InChI=1S/C17H23ClN2/c1-4-7-19-14-9-17(2,3)10-15-16(14)12-8-11(18)5-6-13(12)20-15/h5-6,8,14,19-20H,4,7,9-10H2,1-3H3. The van der Waals surface area contributed by atoms with E-state index < -0.39 is 0 Å². The Bertz CT molecular complexity index is 627. The van der Waals surface area contributed by atoms with Crippen molar-refractivity contribution in [1.29, 1.82) is 0 Å². The van der Waals surface area contributed by atoms with Crippen LogP contribution in [-0.4, -0.2) is 11.5 Å². The van der Waals surface area contributed by atoms with Crippen LogP contribution >= 0.6 is 11.6 Å². The predicted octanol–water partition coefficient (Wildman–Crippen LogP) is 4.83. The highest BCUT2D eigenvalue weighted by atomic mass is 35.5. The van der Waals surface area contributed by atoms with Crippen LogP contribution in [0.15, 0.2) is 18.2 Å². The molecule has 0 fully saturated rings. The summed E-state index contributed by atoms with van der Waals surface area (Å²) in [6.07, 6.45) is 3.45. The molecule has 0 bridgehead atoms. The van der Waals surface area contributed by atoms with Crippen molar-refractivity contribution in [2.75, 3.05) is 6.54 Å². The number of aromatic amines is 1. The third kappa shape index (κ3) is 2.47. The average molecular weight is 291 g/mol. The van der Waals surface area contributed by atoms with E-state index in [2.05, 4.69) is 43.2 Å². The van der Waals surface area contributed by atoms with Gasteiger partial charge in [-0.25, -0.2) is 0 Å². The number of benzene rings is 1.